The topological polar surface area (TPSA) is 26.3 Å². The number of hydrogen-bond acceptors (Lipinski definition) is 2. The molecule has 0 fully saturated rings. The summed E-state index contributed by atoms with van der Waals surface area (Å²) < 4.78 is 6.42. The molecule has 142 valence electrons. The predicted molar refractivity (Wildman–Crippen MR) is 112 cm³/mol. The smallest absolute Gasteiger partial charge is 0.339 e. The van der Waals surface area contributed by atoms with Gasteiger partial charge in [0.2, 0.25) is 0 Å². The molecular formula is C26H26O2. The van der Waals surface area contributed by atoms with Gasteiger partial charge in [-0.3, -0.25) is 0 Å². The van der Waals surface area contributed by atoms with Gasteiger partial charge in [-0.1, -0.05) is 107 Å². The summed E-state index contributed by atoms with van der Waals surface area (Å²) in [6.45, 7) is 8.73. The number of rotatable bonds is 4. The molecule has 0 bridgehead atoms. The molecule has 0 saturated carbocycles. The third-order valence-corrected chi connectivity index (χ3v) is 6.52. The molecule has 4 rings (SSSR count). The SMILES string of the molecule is CC(C)(c1ccccc1)C1(C(C)(C)c2ccccc2)OC(=O)c2ccccc21. The molecule has 2 heteroatoms. The van der Waals surface area contributed by atoms with Crippen molar-refractivity contribution in [2.45, 2.75) is 44.1 Å². The molecule has 0 spiro atoms. The number of benzene rings is 3. The lowest BCUT2D eigenvalue weighted by Gasteiger charge is -2.53. The van der Waals surface area contributed by atoms with Gasteiger partial charge in [-0.2, -0.15) is 0 Å². The summed E-state index contributed by atoms with van der Waals surface area (Å²) in [7, 11) is 0. The van der Waals surface area contributed by atoms with Gasteiger partial charge >= 0.3 is 5.97 Å². The van der Waals surface area contributed by atoms with E-state index in [1.165, 1.54) is 0 Å². The lowest BCUT2D eigenvalue weighted by Crippen LogP contribution is -2.57. The summed E-state index contributed by atoms with van der Waals surface area (Å²) in [4.78, 5) is 13.0. The number of carbonyl (C=O) groups excluding carboxylic acids is 1. The molecule has 0 radical (unpaired) electrons. The average Bonchev–Trinajstić information content (AvgIpc) is 3.04. The summed E-state index contributed by atoms with van der Waals surface area (Å²) in [5.41, 5.74) is 2.13. The van der Waals surface area contributed by atoms with Crippen molar-refractivity contribution < 1.29 is 9.53 Å². The molecule has 0 unspecified atom stereocenters. The van der Waals surface area contributed by atoms with E-state index >= 15 is 0 Å². The van der Waals surface area contributed by atoms with Crippen LogP contribution in [0.4, 0.5) is 0 Å². The molecule has 0 amide bonds. The quantitative estimate of drug-likeness (QED) is 0.526. The normalized spacial score (nSPS) is 15.8. The Kier molecular flexibility index (Phi) is 4.19. The molecule has 28 heavy (non-hydrogen) atoms. The number of fused-ring (bicyclic) bond motifs is 1. The van der Waals surface area contributed by atoms with Crippen molar-refractivity contribution in [2.75, 3.05) is 0 Å². The van der Waals surface area contributed by atoms with Crippen LogP contribution in [0.2, 0.25) is 0 Å². The maximum absolute atomic E-state index is 13.0. The van der Waals surface area contributed by atoms with Crippen LogP contribution in [0.3, 0.4) is 0 Å². The zero-order valence-electron chi connectivity index (χ0n) is 16.9. The summed E-state index contributed by atoms with van der Waals surface area (Å²) in [5.74, 6) is -0.247. The molecule has 0 N–H and O–H groups in total. The molecule has 0 aliphatic carbocycles. The van der Waals surface area contributed by atoms with Crippen LogP contribution in [0.15, 0.2) is 84.9 Å². The van der Waals surface area contributed by atoms with Crippen molar-refractivity contribution >= 4 is 5.97 Å². The largest absolute Gasteiger partial charge is 0.449 e. The summed E-state index contributed by atoms with van der Waals surface area (Å²) in [5, 5.41) is 0. The van der Waals surface area contributed by atoms with E-state index in [-0.39, 0.29) is 5.97 Å². The van der Waals surface area contributed by atoms with Gasteiger partial charge < -0.3 is 4.74 Å². The first-order valence-corrected chi connectivity index (χ1v) is 9.76. The summed E-state index contributed by atoms with van der Waals surface area (Å²) >= 11 is 0. The van der Waals surface area contributed by atoms with Crippen LogP contribution in [0.25, 0.3) is 0 Å². The van der Waals surface area contributed by atoms with E-state index < -0.39 is 16.4 Å². The molecule has 1 heterocycles. The van der Waals surface area contributed by atoms with Crippen LogP contribution in [0.5, 0.6) is 0 Å². The fourth-order valence-electron chi connectivity index (χ4n) is 5.04. The van der Waals surface area contributed by atoms with Gasteiger partial charge in [0.05, 0.1) is 5.56 Å². The van der Waals surface area contributed by atoms with Crippen molar-refractivity contribution in [2.24, 2.45) is 0 Å². The van der Waals surface area contributed by atoms with Gasteiger partial charge in [0, 0.05) is 16.4 Å². The predicted octanol–water partition coefficient (Wildman–Crippen LogP) is 6.01. The van der Waals surface area contributed by atoms with Crippen molar-refractivity contribution in [1.29, 1.82) is 0 Å². The Morgan fingerprint density at radius 3 is 1.57 bits per heavy atom. The Labute approximate surface area is 167 Å². The van der Waals surface area contributed by atoms with Crippen LogP contribution in [-0.4, -0.2) is 5.97 Å². The third-order valence-electron chi connectivity index (χ3n) is 6.52. The Bertz CT molecular complexity index is 949. The molecule has 0 saturated heterocycles. The molecule has 1 aliphatic rings. The number of ether oxygens (including phenoxy) is 1. The highest BCUT2D eigenvalue weighted by atomic mass is 16.6. The van der Waals surface area contributed by atoms with Crippen LogP contribution >= 0.6 is 0 Å². The number of esters is 1. The third kappa shape index (κ3) is 2.37. The second-order valence-electron chi connectivity index (χ2n) is 8.60. The number of hydrogen-bond donors (Lipinski definition) is 0. The number of carbonyl (C=O) groups is 1. The van der Waals surface area contributed by atoms with E-state index in [0.717, 1.165) is 16.7 Å². The standard InChI is InChI=1S/C26H26O2/c1-24(2,19-13-7-5-8-14-19)26(25(3,4)20-15-9-6-10-16-20)22-18-12-11-17-21(22)23(27)28-26/h5-18H,1-4H3. The van der Waals surface area contributed by atoms with Crippen LogP contribution < -0.4 is 0 Å². The molecule has 0 aromatic heterocycles. The van der Waals surface area contributed by atoms with Crippen molar-refractivity contribution in [1.82, 2.24) is 0 Å². The van der Waals surface area contributed by atoms with Gasteiger partial charge in [0.15, 0.2) is 5.60 Å². The van der Waals surface area contributed by atoms with Gasteiger partial charge in [-0.15, -0.1) is 0 Å². The van der Waals surface area contributed by atoms with E-state index in [1.54, 1.807) is 0 Å². The Hall–Kier alpha value is -2.87. The van der Waals surface area contributed by atoms with Gasteiger partial charge in [-0.25, -0.2) is 4.79 Å². The Morgan fingerprint density at radius 1 is 0.643 bits per heavy atom. The molecule has 2 nitrogen and oxygen atoms in total. The minimum absolute atomic E-state index is 0.247. The highest BCUT2D eigenvalue weighted by Gasteiger charge is 2.64. The van der Waals surface area contributed by atoms with Crippen LogP contribution in [0, 0.1) is 0 Å². The maximum atomic E-state index is 13.0. The van der Waals surface area contributed by atoms with Crippen LogP contribution in [-0.2, 0) is 21.2 Å². The Balaban J connectivity index is 2.06. The van der Waals surface area contributed by atoms with E-state index in [1.807, 2.05) is 54.6 Å². The number of cyclic esters (lactones) is 1. The maximum Gasteiger partial charge on any atom is 0.339 e. The summed E-state index contributed by atoms with van der Waals surface area (Å²) in [6.07, 6.45) is 0. The van der Waals surface area contributed by atoms with Gasteiger partial charge in [-0.05, 0) is 17.2 Å². The van der Waals surface area contributed by atoms with E-state index in [2.05, 4.69) is 58.0 Å². The van der Waals surface area contributed by atoms with Gasteiger partial charge in [0.1, 0.15) is 0 Å². The lowest BCUT2D eigenvalue weighted by atomic mass is 9.54. The zero-order chi connectivity index (χ0) is 20.0. The molecule has 1 aliphatic heterocycles. The minimum atomic E-state index is -0.851. The molecular weight excluding hydrogens is 344 g/mol. The van der Waals surface area contributed by atoms with Gasteiger partial charge in [0.25, 0.3) is 0 Å². The molecule has 3 aromatic carbocycles. The van der Waals surface area contributed by atoms with Crippen molar-refractivity contribution in [3.8, 4) is 0 Å². The van der Waals surface area contributed by atoms with E-state index in [4.69, 9.17) is 4.74 Å². The monoisotopic (exact) mass is 370 g/mol. The fourth-order valence-corrected chi connectivity index (χ4v) is 5.04. The molecule has 3 aromatic rings. The van der Waals surface area contributed by atoms with Crippen molar-refractivity contribution in [3.63, 3.8) is 0 Å². The first-order chi connectivity index (χ1) is 13.3. The lowest BCUT2D eigenvalue weighted by molar-refractivity contribution is -0.0940. The highest BCUT2D eigenvalue weighted by molar-refractivity contribution is 5.95. The second-order valence-corrected chi connectivity index (χ2v) is 8.60. The van der Waals surface area contributed by atoms with E-state index in [0.29, 0.717) is 5.56 Å². The Morgan fingerprint density at radius 2 is 1.07 bits per heavy atom. The summed E-state index contributed by atoms with van der Waals surface area (Å²) in [6, 6.07) is 28.5. The highest BCUT2D eigenvalue weighted by Crippen LogP contribution is 2.59. The average molecular weight is 370 g/mol. The van der Waals surface area contributed by atoms with E-state index in [9.17, 15) is 4.79 Å². The zero-order valence-corrected chi connectivity index (χ0v) is 16.9. The minimum Gasteiger partial charge on any atom is -0.449 e. The fraction of sp³-hybridized carbons (Fsp3) is 0.269. The second kappa shape index (κ2) is 6.34. The first-order valence-electron chi connectivity index (χ1n) is 9.76. The molecule has 0 atom stereocenters. The van der Waals surface area contributed by atoms with Crippen molar-refractivity contribution in [3.05, 3.63) is 107 Å². The first kappa shape index (κ1) is 18.5. The van der Waals surface area contributed by atoms with Crippen LogP contribution in [0.1, 0.15) is 54.7 Å².